The van der Waals surface area contributed by atoms with Gasteiger partial charge in [0, 0.05) is 0 Å². The van der Waals surface area contributed by atoms with Crippen molar-refractivity contribution in [1.82, 2.24) is 0 Å². The molecule has 0 aliphatic carbocycles. The number of rotatable bonds is 4. The van der Waals surface area contributed by atoms with Gasteiger partial charge in [-0.1, -0.05) is 24.3 Å². The van der Waals surface area contributed by atoms with Crippen molar-refractivity contribution >= 4 is 17.6 Å². The maximum absolute atomic E-state index is 12.5. The number of hydrogen-bond donors (Lipinski definition) is 1. The minimum atomic E-state index is -4.42. The first kappa shape index (κ1) is 17.5. The fourth-order valence-electron chi connectivity index (χ4n) is 2.07. The third kappa shape index (κ3) is 4.34. The molecule has 0 saturated heterocycles. The van der Waals surface area contributed by atoms with Gasteiger partial charge in [0.1, 0.15) is 0 Å². The van der Waals surface area contributed by atoms with Gasteiger partial charge in [-0.2, -0.15) is 13.2 Å². The fourth-order valence-corrected chi connectivity index (χ4v) is 2.07. The van der Waals surface area contributed by atoms with Crippen molar-refractivity contribution < 1.29 is 27.5 Å². The Bertz CT molecular complexity index is 739. The predicted octanol–water partition coefficient (Wildman–Crippen LogP) is 3.67. The standard InChI is InChI=1S/C17H14F3NO3/c1-24-16(23)13-4-2-3-5-14(13)21-15(22)10-11-6-8-12(9-7-11)17(18,19)20/h2-9H,10H2,1H3,(H,21,22). The van der Waals surface area contributed by atoms with Crippen LogP contribution in [0.1, 0.15) is 21.5 Å². The summed E-state index contributed by atoms with van der Waals surface area (Å²) in [5.41, 5.74) is 0.126. The van der Waals surface area contributed by atoms with Crippen LogP contribution in [0, 0.1) is 0 Å². The van der Waals surface area contributed by atoms with Crippen molar-refractivity contribution in [2.24, 2.45) is 0 Å². The fraction of sp³-hybridized carbons (Fsp3) is 0.176. The first-order valence-electron chi connectivity index (χ1n) is 6.94. The summed E-state index contributed by atoms with van der Waals surface area (Å²) < 4.78 is 42.1. The molecule has 0 unspecified atom stereocenters. The Balaban J connectivity index is 2.08. The van der Waals surface area contributed by atoms with E-state index in [0.717, 1.165) is 12.1 Å². The van der Waals surface area contributed by atoms with Crippen LogP contribution in [-0.2, 0) is 22.1 Å². The van der Waals surface area contributed by atoms with Gasteiger partial charge in [-0.15, -0.1) is 0 Å². The first-order chi connectivity index (χ1) is 11.3. The van der Waals surface area contributed by atoms with Gasteiger partial charge in [0.25, 0.3) is 0 Å². The summed E-state index contributed by atoms with van der Waals surface area (Å²) in [6.45, 7) is 0. The lowest BCUT2D eigenvalue weighted by atomic mass is 10.1. The molecule has 0 radical (unpaired) electrons. The van der Waals surface area contributed by atoms with Crippen LogP contribution in [0.2, 0.25) is 0 Å². The van der Waals surface area contributed by atoms with Gasteiger partial charge in [0.05, 0.1) is 30.3 Å². The highest BCUT2D eigenvalue weighted by Crippen LogP contribution is 2.29. The summed E-state index contributed by atoms with van der Waals surface area (Å²) in [5, 5.41) is 2.56. The average molecular weight is 337 g/mol. The second-order valence-corrected chi connectivity index (χ2v) is 4.96. The number of esters is 1. The van der Waals surface area contributed by atoms with Gasteiger partial charge in [-0.05, 0) is 29.8 Å². The molecule has 24 heavy (non-hydrogen) atoms. The lowest BCUT2D eigenvalue weighted by Gasteiger charge is -2.10. The van der Waals surface area contributed by atoms with Gasteiger partial charge < -0.3 is 10.1 Å². The van der Waals surface area contributed by atoms with Crippen molar-refractivity contribution in [1.29, 1.82) is 0 Å². The minimum Gasteiger partial charge on any atom is -0.465 e. The van der Waals surface area contributed by atoms with Crippen LogP contribution in [0.4, 0.5) is 18.9 Å². The zero-order valence-electron chi connectivity index (χ0n) is 12.7. The summed E-state index contributed by atoms with van der Waals surface area (Å²) in [7, 11) is 1.23. The monoisotopic (exact) mass is 337 g/mol. The van der Waals surface area contributed by atoms with Crippen molar-refractivity contribution in [2.75, 3.05) is 12.4 Å². The molecular formula is C17H14F3NO3. The molecule has 0 bridgehead atoms. The maximum Gasteiger partial charge on any atom is 0.416 e. The summed E-state index contributed by atoms with van der Waals surface area (Å²) in [5.74, 6) is -1.05. The smallest absolute Gasteiger partial charge is 0.416 e. The molecule has 1 amide bonds. The van der Waals surface area contributed by atoms with E-state index in [1.807, 2.05) is 0 Å². The molecule has 2 aromatic rings. The Labute approximate surface area is 136 Å². The molecule has 0 heterocycles. The lowest BCUT2D eigenvalue weighted by Crippen LogP contribution is -2.17. The van der Waals surface area contributed by atoms with Crippen LogP contribution < -0.4 is 5.32 Å². The number of carbonyl (C=O) groups is 2. The Kier molecular flexibility index (Phi) is 5.23. The second-order valence-electron chi connectivity index (χ2n) is 4.96. The number of anilines is 1. The Morgan fingerprint density at radius 1 is 1.04 bits per heavy atom. The van der Waals surface area contributed by atoms with E-state index < -0.39 is 23.6 Å². The van der Waals surface area contributed by atoms with Crippen LogP contribution in [0.3, 0.4) is 0 Å². The van der Waals surface area contributed by atoms with Crippen molar-refractivity contribution in [3.05, 3.63) is 65.2 Å². The summed E-state index contributed by atoms with van der Waals surface area (Å²) in [6.07, 6.45) is -4.53. The van der Waals surface area contributed by atoms with Crippen LogP contribution >= 0.6 is 0 Å². The molecule has 0 spiro atoms. The quantitative estimate of drug-likeness (QED) is 0.866. The molecule has 2 rings (SSSR count). The van der Waals surface area contributed by atoms with E-state index in [9.17, 15) is 22.8 Å². The number of para-hydroxylation sites is 1. The number of methoxy groups -OCH3 is 1. The first-order valence-corrected chi connectivity index (χ1v) is 6.94. The SMILES string of the molecule is COC(=O)c1ccccc1NC(=O)Cc1ccc(C(F)(F)F)cc1. The number of benzene rings is 2. The number of halogens is 3. The van der Waals surface area contributed by atoms with Gasteiger partial charge in [-0.25, -0.2) is 4.79 Å². The predicted molar refractivity (Wildman–Crippen MR) is 81.6 cm³/mol. The summed E-state index contributed by atoms with van der Waals surface area (Å²) >= 11 is 0. The van der Waals surface area contributed by atoms with E-state index in [-0.39, 0.29) is 17.7 Å². The van der Waals surface area contributed by atoms with Crippen molar-refractivity contribution in [2.45, 2.75) is 12.6 Å². The molecule has 7 heteroatoms. The number of ether oxygens (including phenoxy) is 1. The molecular weight excluding hydrogens is 323 g/mol. The van der Waals surface area contributed by atoms with Crippen LogP contribution in [0.25, 0.3) is 0 Å². The Hall–Kier alpha value is -2.83. The maximum atomic E-state index is 12.5. The molecule has 0 fully saturated rings. The zero-order valence-corrected chi connectivity index (χ0v) is 12.7. The number of carbonyl (C=O) groups excluding carboxylic acids is 2. The number of alkyl halides is 3. The molecule has 0 aromatic heterocycles. The molecule has 0 saturated carbocycles. The average Bonchev–Trinajstić information content (AvgIpc) is 2.54. The molecule has 0 aliphatic rings. The highest BCUT2D eigenvalue weighted by atomic mass is 19.4. The zero-order chi connectivity index (χ0) is 17.7. The number of nitrogens with one attached hydrogen (secondary N) is 1. The summed E-state index contributed by atoms with van der Waals surface area (Å²) in [6, 6.07) is 10.6. The third-order valence-corrected chi connectivity index (χ3v) is 3.25. The van der Waals surface area contributed by atoms with Gasteiger partial charge in [0.15, 0.2) is 0 Å². The van der Waals surface area contributed by atoms with E-state index in [1.165, 1.54) is 31.4 Å². The van der Waals surface area contributed by atoms with Crippen molar-refractivity contribution in [3.8, 4) is 0 Å². The topological polar surface area (TPSA) is 55.4 Å². The van der Waals surface area contributed by atoms with Gasteiger partial charge >= 0.3 is 12.1 Å². The number of hydrogen-bond acceptors (Lipinski definition) is 3. The lowest BCUT2D eigenvalue weighted by molar-refractivity contribution is -0.137. The normalized spacial score (nSPS) is 11.0. The van der Waals surface area contributed by atoms with Gasteiger partial charge in [0.2, 0.25) is 5.91 Å². The Morgan fingerprint density at radius 2 is 1.67 bits per heavy atom. The minimum absolute atomic E-state index is 0.117. The van der Waals surface area contributed by atoms with Crippen LogP contribution in [0.5, 0.6) is 0 Å². The molecule has 0 atom stereocenters. The van der Waals surface area contributed by atoms with E-state index in [4.69, 9.17) is 0 Å². The third-order valence-electron chi connectivity index (χ3n) is 3.25. The summed E-state index contributed by atoms with van der Waals surface area (Å²) in [4.78, 5) is 23.7. The molecule has 2 aromatic carbocycles. The number of amides is 1. The molecule has 126 valence electrons. The van der Waals surface area contributed by atoms with Gasteiger partial charge in [-0.3, -0.25) is 4.79 Å². The largest absolute Gasteiger partial charge is 0.465 e. The van der Waals surface area contributed by atoms with Crippen molar-refractivity contribution in [3.63, 3.8) is 0 Å². The molecule has 0 aliphatic heterocycles. The second kappa shape index (κ2) is 7.16. The Morgan fingerprint density at radius 3 is 2.25 bits per heavy atom. The molecule has 4 nitrogen and oxygen atoms in total. The van der Waals surface area contributed by atoms with E-state index in [2.05, 4.69) is 10.1 Å². The van der Waals surface area contributed by atoms with Crippen LogP contribution in [0.15, 0.2) is 48.5 Å². The van der Waals surface area contributed by atoms with E-state index >= 15 is 0 Å². The highest BCUT2D eigenvalue weighted by Gasteiger charge is 2.30. The molecule has 1 N–H and O–H groups in total. The van der Waals surface area contributed by atoms with E-state index in [1.54, 1.807) is 12.1 Å². The highest BCUT2D eigenvalue weighted by molar-refractivity contribution is 6.01. The van der Waals surface area contributed by atoms with E-state index in [0.29, 0.717) is 5.56 Å². The van der Waals surface area contributed by atoms with Crippen LogP contribution in [-0.4, -0.2) is 19.0 Å².